The van der Waals surface area contributed by atoms with Crippen molar-refractivity contribution in [3.05, 3.63) is 60.2 Å². The molecule has 2 aromatic rings. The minimum Gasteiger partial charge on any atom is -0.497 e. The van der Waals surface area contributed by atoms with E-state index in [1.807, 2.05) is 59.6 Å². The number of nitrogens with zero attached hydrogens (tertiary/aromatic N) is 1. The Balaban J connectivity index is 1.58. The molecule has 3 unspecified atom stereocenters. The fraction of sp³-hybridized carbons (Fsp3) is 0.278. The third-order valence-electron chi connectivity index (χ3n) is 4.59. The minimum absolute atomic E-state index is 0.0606. The van der Waals surface area contributed by atoms with Crippen LogP contribution in [0.2, 0.25) is 0 Å². The van der Waals surface area contributed by atoms with E-state index < -0.39 is 0 Å². The highest BCUT2D eigenvalue weighted by Crippen LogP contribution is 2.28. The molecule has 2 heterocycles. The molecule has 0 aliphatic carbocycles. The average molecular weight is 324 g/mol. The van der Waals surface area contributed by atoms with Crippen molar-refractivity contribution in [2.24, 2.45) is 5.92 Å². The van der Waals surface area contributed by atoms with Gasteiger partial charge in [0.25, 0.3) is 0 Å². The largest absolute Gasteiger partial charge is 0.497 e. The molecule has 24 heavy (non-hydrogen) atoms. The molecule has 0 saturated carbocycles. The molecule has 3 N–H and O–H groups in total. The number of amides is 1. The van der Waals surface area contributed by atoms with Gasteiger partial charge in [-0.2, -0.15) is 0 Å². The van der Waals surface area contributed by atoms with Crippen LogP contribution in [0.5, 0.6) is 5.75 Å². The molecule has 2 saturated heterocycles. The van der Waals surface area contributed by atoms with Crippen LogP contribution in [0.25, 0.3) is 0 Å². The molecular weight excluding hydrogens is 304 g/mol. The minimum atomic E-state index is -0.226. The number of para-hydroxylation sites is 1. The van der Waals surface area contributed by atoms with E-state index in [9.17, 15) is 4.79 Å². The van der Waals surface area contributed by atoms with Crippen LogP contribution in [-0.4, -0.2) is 25.7 Å². The van der Waals surface area contributed by atoms with Crippen LogP contribution >= 0.6 is 0 Å². The summed E-state index contributed by atoms with van der Waals surface area (Å²) in [6, 6.07) is 17.8. The summed E-state index contributed by atoms with van der Waals surface area (Å²) in [5.74, 6) is 0.734. The van der Waals surface area contributed by atoms with E-state index in [-0.39, 0.29) is 24.2 Å². The van der Waals surface area contributed by atoms with E-state index >= 15 is 0 Å². The van der Waals surface area contributed by atoms with E-state index in [1.54, 1.807) is 7.11 Å². The highest BCUT2D eigenvalue weighted by atomic mass is 16.5. The van der Waals surface area contributed by atoms with Gasteiger partial charge in [0.05, 0.1) is 18.7 Å². The topological polar surface area (TPSA) is 65.6 Å². The van der Waals surface area contributed by atoms with E-state index in [1.165, 1.54) is 0 Å². The lowest BCUT2D eigenvalue weighted by Gasteiger charge is -2.37. The third-order valence-corrected chi connectivity index (χ3v) is 4.59. The maximum atomic E-state index is 12.5. The fourth-order valence-electron chi connectivity index (χ4n) is 3.29. The Morgan fingerprint density at radius 2 is 1.83 bits per heavy atom. The van der Waals surface area contributed by atoms with Crippen LogP contribution in [0.15, 0.2) is 54.6 Å². The second-order valence-corrected chi connectivity index (χ2v) is 6.00. The third kappa shape index (κ3) is 2.60. The molecule has 124 valence electrons. The number of carbonyl (C=O) groups is 1. The van der Waals surface area contributed by atoms with Crippen LogP contribution in [0.4, 0.5) is 5.69 Å². The zero-order valence-corrected chi connectivity index (χ0v) is 13.4. The van der Waals surface area contributed by atoms with Crippen molar-refractivity contribution in [2.45, 2.75) is 12.3 Å². The predicted molar refractivity (Wildman–Crippen MR) is 91.2 cm³/mol. The van der Waals surface area contributed by atoms with E-state index in [0.29, 0.717) is 6.54 Å². The van der Waals surface area contributed by atoms with Crippen LogP contribution in [0, 0.1) is 5.92 Å². The number of rotatable bonds is 3. The van der Waals surface area contributed by atoms with Gasteiger partial charge in [-0.25, -0.2) is 5.43 Å². The Morgan fingerprint density at radius 3 is 2.54 bits per heavy atom. The van der Waals surface area contributed by atoms with E-state index in [4.69, 9.17) is 4.74 Å². The SMILES string of the molecule is COc1ccc(C2NC(=O)C3CNN(c4ccccc4)C3N2)cc1. The molecule has 0 radical (unpaired) electrons. The molecular formula is C18H20N4O2. The lowest BCUT2D eigenvalue weighted by molar-refractivity contribution is -0.128. The summed E-state index contributed by atoms with van der Waals surface area (Å²) in [5.41, 5.74) is 5.37. The van der Waals surface area contributed by atoms with Gasteiger partial charge in [-0.05, 0) is 29.8 Å². The van der Waals surface area contributed by atoms with Crippen molar-refractivity contribution in [2.75, 3.05) is 18.7 Å². The molecule has 2 aliphatic heterocycles. The van der Waals surface area contributed by atoms with Gasteiger partial charge in [0.15, 0.2) is 0 Å². The van der Waals surface area contributed by atoms with Gasteiger partial charge in [-0.3, -0.25) is 15.1 Å². The number of anilines is 1. The van der Waals surface area contributed by atoms with Gasteiger partial charge < -0.3 is 10.1 Å². The Hall–Kier alpha value is -2.57. The number of nitrogens with one attached hydrogen (secondary N) is 3. The molecule has 0 spiro atoms. The second-order valence-electron chi connectivity index (χ2n) is 6.00. The number of carbonyl (C=O) groups excluding carboxylic acids is 1. The number of hydrazine groups is 1. The first-order chi connectivity index (χ1) is 11.8. The van der Waals surface area contributed by atoms with Crippen molar-refractivity contribution in [3.8, 4) is 5.75 Å². The maximum Gasteiger partial charge on any atom is 0.229 e. The van der Waals surface area contributed by atoms with E-state index in [2.05, 4.69) is 16.1 Å². The van der Waals surface area contributed by atoms with Crippen molar-refractivity contribution in [3.63, 3.8) is 0 Å². The monoisotopic (exact) mass is 324 g/mol. The first-order valence-corrected chi connectivity index (χ1v) is 8.04. The average Bonchev–Trinajstić information content (AvgIpc) is 3.07. The summed E-state index contributed by atoms with van der Waals surface area (Å²) in [6.45, 7) is 0.619. The smallest absolute Gasteiger partial charge is 0.229 e. The Bertz CT molecular complexity index is 720. The van der Waals surface area contributed by atoms with Gasteiger partial charge in [0.1, 0.15) is 18.1 Å². The van der Waals surface area contributed by atoms with Crippen LogP contribution in [0.1, 0.15) is 11.7 Å². The van der Waals surface area contributed by atoms with Crippen molar-refractivity contribution in [1.29, 1.82) is 0 Å². The van der Waals surface area contributed by atoms with Crippen molar-refractivity contribution >= 4 is 11.6 Å². The molecule has 2 fully saturated rings. The zero-order valence-electron chi connectivity index (χ0n) is 13.4. The van der Waals surface area contributed by atoms with Gasteiger partial charge in [0.2, 0.25) is 5.91 Å². The molecule has 6 heteroatoms. The van der Waals surface area contributed by atoms with Gasteiger partial charge in [-0.15, -0.1) is 0 Å². The molecule has 1 amide bonds. The molecule has 3 atom stereocenters. The normalized spacial score (nSPS) is 26.0. The van der Waals surface area contributed by atoms with Gasteiger partial charge in [0, 0.05) is 6.54 Å². The van der Waals surface area contributed by atoms with Crippen molar-refractivity contribution < 1.29 is 9.53 Å². The quantitative estimate of drug-likeness (QED) is 0.796. The zero-order chi connectivity index (χ0) is 16.5. The maximum absolute atomic E-state index is 12.5. The van der Waals surface area contributed by atoms with Crippen LogP contribution in [0.3, 0.4) is 0 Å². The Labute approximate surface area is 140 Å². The molecule has 4 rings (SSSR count). The summed E-state index contributed by atoms with van der Waals surface area (Å²) in [4.78, 5) is 12.5. The summed E-state index contributed by atoms with van der Waals surface area (Å²) in [5, 5.41) is 8.64. The van der Waals surface area contributed by atoms with Crippen LogP contribution in [-0.2, 0) is 4.79 Å². The number of ether oxygens (including phenoxy) is 1. The van der Waals surface area contributed by atoms with Gasteiger partial charge in [-0.1, -0.05) is 30.3 Å². The number of benzene rings is 2. The molecule has 6 nitrogen and oxygen atoms in total. The lowest BCUT2D eigenvalue weighted by Crippen LogP contribution is -2.60. The number of hydrogen-bond donors (Lipinski definition) is 3. The molecule has 2 aromatic carbocycles. The van der Waals surface area contributed by atoms with Gasteiger partial charge >= 0.3 is 0 Å². The Morgan fingerprint density at radius 1 is 1.08 bits per heavy atom. The van der Waals surface area contributed by atoms with E-state index in [0.717, 1.165) is 17.0 Å². The van der Waals surface area contributed by atoms with Crippen LogP contribution < -0.4 is 25.8 Å². The van der Waals surface area contributed by atoms with Crippen molar-refractivity contribution in [1.82, 2.24) is 16.1 Å². The molecule has 0 bridgehead atoms. The summed E-state index contributed by atoms with van der Waals surface area (Å²) in [7, 11) is 1.64. The summed E-state index contributed by atoms with van der Waals surface area (Å²) in [6.07, 6.45) is -0.316. The molecule has 2 aliphatic rings. The lowest BCUT2D eigenvalue weighted by atomic mass is 10.0. The standard InChI is InChI=1S/C18H20N4O2/c1-24-14-9-7-12(8-10-14)16-20-17-15(18(23)21-16)11-19-22(17)13-5-3-2-4-6-13/h2-10,15-17,19-20H,11H2,1H3,(H,21,23). The predicted octanol–water partition coefficient (Wildman–Crippen LogP) is 1.38. The summed E-state index contributed by atoms with van der Waals surface area (Å²) >= 11 is 0. The second kappa shape index (κ2) is 6.14. The highest BCUT2D eigenvalue weighted by molar-refractivity contribution is 5.82. The number of hydrogen-bond acceptors (Lipinski definition) is 5. The Kier molecular flexibility index (Phi) is 3.84. The fourth-order valence-corrected chi connectivity index (χ4v) is 3.29. The number of fused-ring (bicyclic) bond motifs is 1. The first kappa shape index (κ1) is 15.0. The number of methoxy groups -OCH3 is 1. The summed E-state index contributed by atoms with van der Waals surface area (Å²) < 4.78 is 5.20. The molecule has 0 aromatic heterocycles. The highest BCUT2D eigenvalue weighted by Gasteiger charge is 2.44. The first-order valence-electron chi connectivity index (χ1n) is 8.04.